The van der Waals surface area contributed by atoms with Crippen LogP contribution < -0.4 is 15.4 Å². The number of ether oxygens (including phenoxy) is 1. The number of anilines is 1. The number of amides is 1. The van der Waals surface area contributed by atoms with E-state index in [0.29, 0.717) is 24.5 Å². The van der Waals surface area contributed by atoms with Crippen molar-refractivity contribution in [2.24, 2.45) is 0 Å². The lowest BCUT2D eigenvalue weighted by atomic mass is 10.2. The fourth-order valence-corrected chi connectivity index (χ4v) is 5.60. The van der Waals surface area contributed by atoms with E-state index >= 15 is 0 Å². The summed E-state index contributed by atoms with van der Waals surface area (Å²) in [6.07, 6.45) is 3.74. The third-order valence-corrected chi connectivity index (χ3v) is 7.82. The molecule has 1 heterocycles. The number of nitrogens with zero attached hydrogens (tertiary/aromatic N) is 1. The highest BCUT2D eigenvalue weighted by Gasteiger charge is 2.25. The zero-order valence-electron chi connectivity index (χ0n) is 17.8. The summed E-state index contributed by atoms with van der Waals surface area (Å²) in [5, 5.41) is 5.54. The number of carbonyl (C=O) groups is 1. The van der Waals surface area contributed by atoms with E-state index in [1.165, 1.54) is 16.4 Å². The molecule has 0 bridgehead atoms. The van der Waals surface area contributed by atoms with Gasteiger partial charge < -0.3 is 10.1 Å². The Morgan fingerprint density at radius 1 is 1.12 bits per heavy atom. The van der Waals surface area contributed by atoms with Crippen molar-refractivity contribution in [3.05, 3.63) is 52.5 Å². The van der Waals surface area contributed by atoms with Crippen molar-refractivity contribution in [2.75, 3.05) is 25.0 Å². The van der Waals surface area contributed by atoms with Crippen LogP contribution in [-0.2, 0) is 21.2 Å². The molecule has 2 aromatic carbocycles. The number of thiocarbonyl (C=S) groups is 1. The van der Waals surface area contributed by atoms with Crippen LogP contribution in [0.5, 0.6) is 5.75 Å². The van der Waals surface area contributed by atoms with E-state index < -0.39 is 15.9 Å². The molecule has 1 fully saturated rings. The first-order chi connectivity index (χ1) is 15.3. The molecule has 32 heavy (non-hydrogen) atoms. The van der Waals surface area contributed by atoms with Gasteiger partial charge in [-0.15, -0.1) is 0 Å². The van der Waals surface area contributed by atoms with Crippen LogP contribution in [0.4, 0.5) is 5.69 Å². The lowest BCUT2D eigenvalue weighted by molar-refractivity contribution is -0.121. The largest absolute Gasteiger partial charge is 0.483 e. The number of hydrogen-bond donors (Lipinski definition) is 2. The van der Waals surface area contributed by atoms with E-state index in [4.69, 9.17) is 17.0 Å². The maximum Gasteiger partial charge on any atom is 0.264 e. The van der Waals surface area contributed by atoms with E-state index in [1.807, 2.05) is 18.2 Å². The molecule has 2 N–H and O–H groups in total. The molecule has 10 heteroatoms. The summed E-state index contributed by atoms with van der Waals surface area (Å²) in [6, 6.07) is 12.0. The number of hydrogen-bond acceptors (Lipinski definition) is 5. The first kappa shape index (κ1) is 24.6. The quantitative estimate of drug-likeness (QED) is 0.515. The molecule has 1 saturated heterocycles. The summed E-state index contributed by atoms with van der Waals surface area (Å²) in [5.74, 6) is 0.167. The molecule has 0 saturated carbocycles. The molecule has 0 aromatic heterocycles. The van der Waals surface area contributed by atoms with Crippen molar-refractivity contribution >= 4 is 54.9 Å². The molecule has 0 radical (unpaired) electrons. The molecule has 3 rings (SSSR count). The number of benzene rings is 2. The van der Waals surface area contributed by atoms with Crippen molar-refractivity contribution in [1.82, 2.24) is 9.62 Å². The molecular weight excluding hydrogens is 514 g/mol. The highest BCUT2D eigenvalue weighted by molar-refractivity contribution is 9.10. The normalized spacial score (nSPS) is 14.6. The first-order valence-electron chi connectivity index (χ1n) is 10.4. The maximum atomic E-state index is 12.7. The summed E-state index contributed by atoms with van der Waals surface area (Å²) in [4.78, 5) is 12.4. The monoisotopic (exact) mass is 539 g/mol. The van der Waals surface area contributed by atoms with Gasteiger partial charge in [-0.25, -0.2) is 8.42 Å². The number of carbonyl (C=O) groups excluding carboxylic acids is 1. The molecule has 7 nitrogen and oxygen atoms in total. The zero-order chi connectivity index (χ0) is 23.1. The Labute approximate surface area is 202 Å². The lowest BCUT2D eigenvalue weighted by Crippen LogP contribution is -2.37. The molecule has 172 valence electrons. The Bertz CT molecular complexity index is 1070. The van der Waals surface area contributed by atoms with Crippen LogP contribution in [-0.4, -0.2) is 43.4 Å². The van der Waals surface area contributed by atoms with E-state index in [0.717, 1.165) is 35.7 Å². The van der Waals surface area contributed by atoms with Crippen LogP contribution in [0.15, 0.2) is 51.8 Å². The minimum Gasteiger partial charge on any atom is -0.483 e. The Morgan fingerprint density at radius 3 is 2.44 bits per heavy atom. The van der Waals surface area contributed by atoms with Crippen LogP contribution in [0, 0.1) is 0 Å². The van der Waals surface area contributed by atoms with Crippen molar-refractivity contribution in [3.63, 3.8) is 0 Å². The van der Waals surface area contributed by atoms with Gasteiger partial charge in [-0.3, -0.25) is 10.1 Å². The maximum absolute atomic E-state index is 12.7. The number of piperidine rings is 1. The van der Waals surface area contributed by atoms with Crippen LogP contribution in [0.3, 0.4) is 0 Å². The van der Waals surface area contributed by atoms with Crippen molar-refractivity contribution in [1.29, 1.82) is 0 Å². The molecule has 1 aliphatic heterocycles. The Morgan fingerprint density at radius 2 is 1.81 bits per heavy atom. The molecule has 1 aliphatic rings. The topological polar surface area (TPSA) is 87.7 Å². The van der Waals surface area contributed by atoms with E-state index in [2.05, 4.69) is 33.5 Å². The van der Waals surface area contributed by atoms with Crippen LogP contribution in [0.1, 0.15) is 31.7 Å². The lowest BCUT2D eigenvalue weighted by Gasteiger charge is -2.25. The Kier molecular flexibility index (Phi) is 8.64. The predicted molar refractivity (Wildman–Crippen MR) is 132 cm³/mol. The van der Waals surface area contributed by atoms with Gasteiger partial charge in [0, 0.05) is 18.8 Å². The van der Waals surface area contributed by atoms with Crippen LogP contribution >= 0.6 is 28.1 Å². The van der Waals surface area contributed by atoms with Gasteiger partial charge in [-0.2, -0.15) is 4.31 Å². The fraction of sp³-hybridized carbons (Fsp3) is 0.364. The molecule has 0 aliphatic carbocycles. The van der Waals surface area contributed by atoms with Gasteiger partial charge in [0.1, 0.15) is 5.75 Å². The summed E-state index contributed by atoms with van der Waals surface area (Å²) in [7, 11) is -3.49. The SMILES string of the molecule is CCc1ccc(OCC(=O)NC(=S)Nc2ccc(S(=O)(=O)N3CCCCC3)cc2)c(Br)c1. The van der Waals surface area contributed by atoms with E-state index in [-0.39, 0.29) is 16.6 Å². The summed E-state index contributed by atoms with van der Waals surface area (Å²) < 4.78 is 33.3. The highest BCUT2D eigenvalue weighted by Crippen LogP contribution is 2.26. The second kappa shape index (κ2) is 11.2. The van der Waals surface area contributed by atoms with Gasteiger partial charge >= 0.3 is 0 Å². The average molecular weight is 541 g/mol. The molecule has 2 aromatic rings. The fourth-order valence-electron chi connectivity index (χ4n) is 3.31. The number of aryl methyl sites for hydroxylation is 1. The van der Waals surface area contributed by atoms with Crippen LogP contribution in [0.2, 0.25) is 0 Å². The standard InChI is InChI=1S/C22H26BrN3O4S2/c1-2-16-6-11-20(19(23)14-16)30-15-21(27)25-22(31)24-17-7-9-18(10-8-17)32(28,29)26-12-4-3-5-13-26/h6-11,14H,2-5,12-13,15H2,1H3,(H2,24,25,27,31). The summed E-state index contributed by atoms with van der Waals surface area (Å²) in [6.45, 7) is 2.98. The third-order valence-electron chi connectivity index (χ3n) is 5.08. The zero-order valence-corrected chi connectivity index (χ0v) is 21.0. The van der Waals surface area contributed by atoms with Crippen molar-refractivity contribution < 1.29 is 17.9 Å². The number of sulfonamides is 1. The number of nitrogens with one attached hydrogen (secondary N) is 2. The third kappa shape index (κ3) is 6.50. The minimum absolute atomic E-state index is 0.102. The second-order valence-corrected chi connectivity index (χ2v) is 10.6. The van der Waals surface area contributed by atoms with E-state index in [1.54, 1.807) is 12.1 Å². The molecular formula is C22H26BrN3O4S2. The first-order valence-corrected chi connectivity index (χ1v) is 13.1. The van der Waals surface area contributed by atoms with Gasteiger partial charge in [0.15, 0.2) is 11.7 Å². The van der Waals surface area contributed by atoms with Crippen LogP contribution in [0.25, 0.3) is 0 Å². The Hall–Kier alpha value is -2.01. The average Bonchev–Trinajstić information content (AvgIpc) is 2.79. The minimum atomic E-state index is -3.49. The summed E-state index contributed by atoms with van der Waals surface area (Å²) in [5.41, 5.74) is 1.74. The van der Waals surface area contributed by atoms with E-state index in [9.17, 15) is 13.2 Å². The van der Waals surface area contributed by atoms with Gasteiger partial charge in [0.2, 0.25) is 10.0 Å². The highest BCUT2D eigenvalue weighted by atomic mass is 79.9. The van der Waals surface area contributed by atoms with Gasteiger partial charge in [0.05, 0.1) is 9.37 Å². The summed E-state index contributed by atoms with van der Waals surface area (Å²) >= 11 is 8.61. The molecule has 0 unspecified atom stereocenters. The smallest absolute Gasteiger partial charge is 0.264 e. The number of rotatable bonds is 7. The molecule has 1 amide bonds. The molecule has 0 atom stereocenters. The Balaban J connectivity index is 1.50. The van der Waals surface area contributed by atoms with Gasteiger partial charge in [-0.1, -0.05) is 19.4 Å². The molecule has 0 spiro atoms. The van der Waals surface area contributed by atoms with Crippen molar-refractivity contribution in [3.8, 4) is 5.75 Å². The van der Waals surface area contributed by atoms with Gasteiger partial charge in [-0.05, 0) is 89.4 Å². The van der Waals surface area contributed by atoms with Crippen molar-refractivity contribution in [2.45, 2.75) is 37.5 Å². The van der Waals surface area contributed by atoms with Gasteiger partial charge in [0.25, 0.3) is 5.91 Å². The number of halogens is 1. The predicted octanol–water partition coefficient (Wildman–Crippen LogP) is 4.08. The second-order valence-electron chi connectivity index (χ2n) is 7.40.